The zero-order valence-electron chi connectivity index (χ0n) is 20.1. The van der Waals surface area contributed by atoms with Crippen molar-refractivity contribution in [1.29, 1.82) is 0 Å². The Hall–Kier alpha value is -2.73. The Morgan fingerprint density at radius 3 is 2.53 bits per heavy atom. The molecule has 0 saturated carbocycles. The Morgan fingerprint density at radius 2 is 1.76 bits per heavy atom. The highest BCUT2D eigenvalue weighted by Crippen LogP contribution is 2.46. The second-order valence-electron chi connectivity index (χ2n) is 11.0. The van der Waals surface area contributed by atoms with Gasteiger partial charge >= 0.3 is 6.09 Å². The Labute approximate surface area is 201 Å². The maximum Gasteiger partial charge on any atom is 0.407 e. The maximum atomic E-state index is 12.9. The Balaban J connectivity index is 1.20. The fraction of sp³-hybridized carbons (Fsp3) is 0.536. The number of alkyl carbamates (subject to hydrolysis) is 1. The normalized spacial score (nSPS) is 28.6. The molecular weight excluding hydrogens is 428 g/mol. The first-order valence-electron chi connectivity index (χ1n) is 12.7. The van der Waals surface area contributed by atoms with Crippen molar-refractivity contribution >= 4 is 6.09 Å². The zero-order valence-corrected chi connectivity index (χ0v) is 20.1. The van der Waals surface area contributed by atoms with Crippen LogP contribution in [-0.2, 0) is 11.2 Å². The van der Waals surface area contributed by atoms with Crippen LogP contribution in [0, 0.1) is 11.3 Å². The Morgan fingerprint density at radius 1 is 1.03 bits per heavy atom. The zero-order chi connectivity index (χ0) is 23.3. The monoisotopic (exact) mass is 462 g/mol. The third-order valence-electron chi connectivity index (χ3n) is 8.08. The van der Waals surface area contributed by atoms with E-state index in [-0.39, 0.29) is 23.7 Å². The van der Waals surface area contributed by atoms with Crippen LogP contribution in [0.5, 0.6) is 11.5 Å². The Bertz CT molecular complexity index is 1090. The molecule has 0 aromatic heterocycles. The van der Waals surface area contributed by atoms with Crippen molar-refractivity contribution in [2.75, 3.05) is 32.8 Å². The lowest BCUT2D eigenvalue weighted by Crippen LogP contribution is -2.53. The van der Waals surface area contributed by atoms with E-state index in [4.69, 9.17) is 14.2 Å². The largest absolute Gasteiger partial charge is 0.490 e. The van der Waals surface area contributed by atoms with Gasteiger partial charge in [-0.1, -0.05) is 38.1 Å². The highest BCUT2D eigenvalue weighted by molar-refractivity contribution is 5.71. The topological polar surface area (TPSA) is 60.0 Å². The van der Waals surface area contributed by atoms with Crippen LogP contribution in [0.2, 0.25) is 0 Å². The van der Waals surface area contributed by atoms with Crippen LogP contribution in [0.1, 0.15) is 50.3 Å². The van der Waals surface area contributed by atoms with Gasteiger partial charge in [0.25, 0.3) is 0 Å². The van der Waals surface area contributed by atoms with E-state index in [0.717, 1.165) is 67.9 Å². The number of ether oxygens (including phenoxy) is 3. The van der Waals surface area contributed by atoms with E-state index in [1.165, 1.54) is 11.1 Å². The van der Waals surface area contributed by atoms with E-state index < -0.39 is 0 Å². The smallest absolute Gasteiger partial charge is 0.407 e. The number of fused-ring (bicyclic) bond motifs is 5. The number of hydrogen-bond acceptors (Lipinski definition) is 5. The minimum absolute atomic E-state index is 0.0215. The molecular formula is C28H34N2O4. The molecule has 1 unspecified atom stereocenters. The van der Waals surface area contributed by atoms with Crippen molar-refractivity contribution in [2.24, 2.45) is 11.3 Å². The quantitative estimate of drug-likeness (QED) is 0.699. The minimum Gasteiger partial charge on any atom is -0.490 e. The van der Waals surface area contributed by atoms with Gasteiger partial charge in [-0.3, -0.25) is 4.90 Å². The fourth-order valence-electron chi connectivity index (χ4n) is 6.18. The summed E-state index contributed by atoms with van der Waals surface area (Å²) in [5.74, 6) is 2.14. The van der Waals surface area contributed by atoms with Gasteiger partial charge in [-0.2, -0.15) is 0 Å². The average molecular weight is 463 g/mol. The fourth-order valence-corrected chi connectivity index (χ4v) is 6.18. The first-order valence-corrected chi connectivity index (χ1v) is 12.7. The molecule has 0 spiro atoms. The van der Waals surface area contributed by atoms with Crippen LogP contribution in [-0.4, -0.2) is 49.9 Å². The van der Waals surface area contributed by atoms with Crippen molar-refractivity contribution in [3.8, 4) is 22.6 Å². The lowest BCUT2D eigenvalue weighted by Gasteiger charge is -2.44. The SMILES string of the molecule is CC1(C)Cc2cc(-c3ccc4c(c3)OCCCO4)ccc2C1NC(=O)O[C@@H]1CN2CCC1CC2. The molecule has 7 rings (SSSR count). The predicted molar refractivity (Wildman–Crippen MR) is 130 cm³/mol. The molecule has 4 heterocycles. The van der Waals surface area contributed by atoms with Crippen LogP contribution in [0.3, 0.4) is 0 Å². The summed E-state index contributed by atoms with van der Waals surface area (Å²) >= 11 is 0. The molecule has 1 aliphatic carbocycles. The van der Waals surface area contributed by atoms with E-state index in [0.29, 0.717) is 19.1 Å². The van der Waals surface area contributed by atoms with Gasteiger partial charge in [0.1, 0.15) is 6.10 Å². The van der Waals surface area contributed by atoms with Crippen molar-refractivity contribution in [1.82, 2.24) is 10.2 Å². The molecule has 3 fully saturated rings. The average Bonchev–Trinajstić information content (AvgIpc) is 2.97. The predicted octanol–water partition coefficient (Wildman–Crippen LogP) is 4.96. The van der Waals surface area contributed by atoms with Gasteiger partial charge in [0.2, 0.25) is 0 Å². The number of rotatable bonds is 3. The van der Waals surface area contributed by atoms with E-state index in [1.807, 2.05) is 6.07 Å². The molecule has 1 N–H and O–H groups in total. The summed E-state index contributed by atoms with van der Waals surface area (Å²) in [4.78, 5) is 15.3. The molecule has 5 aliphatic rings. The Kier molecular flexibility index (Phi) is 5.44. The van der Waals surface area contributed by atoms with Gasteiger partial charge in [0, 0.05) is 13.0 Å². The molecule has 1 amide bonds. The summed E-state index contributed by atoms with van der Waals surface area (Å²) in [6.07, 6.45) is 3.82. The second kappa shape index (κ2) is 8.49. The van der Waals surface area contributed by atoms with E-state index >= 15 is 0 Å². The third kappa shape index (κ3) is 4.02. The summed E-state index contributed by atoms with van der Waals surface area (Å²) in [5, 5.41) is 3.22. The maximum absolute atomic E-state index is 12.9. The molecule has 4 aliphatic heterocycles. The molecule has 2 aromatic carbocycles. The minimum atomic E-state index is -0.281. The molecule has 6 heteroatoms. The van der Waals surface area contributed by atoms with Crippen molar-refractivity contribution in [3.63, 3.8) is 0 Å². The van der Waals surface area contributed by atoms with Gasteiger partial charge in [-0.15, -0.1) is 0 Å². The number of amides is 1. The third-order valence-corrected chi connectivity index (χ3v) is 8.08. The first kappa shape index (κ1) is 21.8. The second-order valence-corrected chi connectivity index (χ2v) is 11.0. The van der Waals surface area contributed by atoms with Crippen LogP contribution in [0.15, 0.2) is 36.4 Å². The highest BCUT2D eigenvalue weighted by atomic mass is 16.6. The van der Waals surface area contributed by atoms with Crippen molar-refractivity contribution < 1.29 is 19.0 Å². The van der Waals surface area contributed by atoms with Gasteiger partial charge in [-0.05, 0) is 78.1 Å². The summed E-state index contributed by atoms with van der Waals surface area (Å²) < 4.78 is 17.6. The molecule has 6 nitrogen and oxygen atoms in total. The number of nitrogens with zero attached hydrogens (tertiary/aromatic N) is 1. The number of carbonyl (C=O) groups excluding carboxylic acids is 1. The first-order chi connectivity index (χ1) is 16.5. The number of nitrogens with one attached hydrogen (secondary N) is 1. The molecule has 180 valence electrons. The van der Waals surface area contributed by atoms with E-state index in [9.17, 15) is 4.79 Å². The van der Waals surface area contributed by atoms with E-state index in [2.05, 4.69) is 54.4 Å². The van der Waals surface area contributed by atoms with Gasteiger partial charge in [0.05, 0.1) is 19.3 Å². The summed E-state index contributed by atoms with van der Waals surface area (Å²) in [7, 11) is 0. The lowest BCUT2D eigenvalue weighted by atomic mass is 9.85. The molecule has 34 heavy (non-hydrogen) atoms. The van der Waals surface area contributed by atoms with Crippen molar-refractivity contribution in [2.45, 2.75) is 51.7 Å². The molecule has 2 atom stereocenters. The summed E-state index contributed by atoms with van der Waals surface area (Å²) in [6, 6.07) is 12.7. The van der Waals surface area contributed by atoms with Gasteiger partial charge in [0.15, 0.2) is 11.5 Å². The lowest BCUT2D eigenvalue weighted by molar-refractivity contribution is -0.0348. The van der Waals surface area contributed by atoms with E-state index in [1.54, 1.807) is 0 Å². The molecule has 0 radical (unpaired) electrons. The number of hydrogen-bond donors (Lipinski definition) is 1. The van der Waals surface area contributed by atoms with Gasteiger partial charge < -0.3 is 19.5 Å². The molecule has 3 saturated heterocycles. The van der Waals surface area contributed by atoms with Gasteiger partial charge in [-0.25, -0.2) is 4.79 Å². The number of benzene rings is 2. The molecule has 2 bridgehead atoms. The summed E-state index contributed by atoms with van der Waals surface area (Å²) in [5.41, 5.74) is 4.65. The molecule has 2 aromatic rings. The highest BCUT2D eigenvalue weighted by Gasteiger charge is 2.42. The van der Waals surface area contributed by atoms with Crippen LogP contribution >= 0.6 is 0 Å². The van der Waals surface area contributed by atoms with Crippen LogP contribution in [0.4, 0.5) is 4.79 Å². The standard InChI is InChI=1S/C28H34N2O4/c1-28(2)16-21-14-19(20-5-7-23-24(15-20)33-13-3-12-32-23)4-6-22(21)26(28)29-27(31)34-25-17-30-10-8-18(25)9-11-30/h4-7,14-15,18,25-26H,3,8-13,16-17H2,1-2H3,(H,29,31)/t25-,26?/m1/s1. The van der Waals surface area contributed by atoms with Crippen LogP contribution in [0.25, 0.3) is 11.1 Å². The summed E-state index contributed by atoms with van der Waals surface area (Å²) in [6.45, 7) is 8.97. The van der Waals surface area contributed by atoms with Crippen LogP contribution < -0.4 is 14.8 Å². The number of carbonyl (C=O) groups is 1. The number of piperidine rings is 3. The van der Waals surface area contributed by atoms with Crippen molar-refractivity contribution in [3.05, 3.63) is 47.5 Å².